The van der Waals surface area contributed by atoms with Crippen LogP contribution < -0.4 is 4.90 Å². The van der Waals surface area contributed by atoms with Crippen molar-refractivity contribution in [3.8, 4) is 11.6 Å². The standard InChI is InChI=1S/C18H17N5O/c1-12-6-8-14(9-7-12)22(3)16-11-13(2)19-18-20-17(21-23(16)18)15-5-4-10-24-15/h4-11H,1-3H3. The summed E-state index contributed by atoms with van der Waals surface area (Å²) in [4.78, 5) is 11.0. The van der Waals surface area contributed by atoms with Gasteiger partial charge in [-0.1, -0.05) is 17.7 Å². The molecule has 1 aromatic carbocycles. The van der Waals surface area contributed by atoms with E-state index in [9.17, 15) is 0 Å². The second kappa shape index (κ2) is 5.49. The quantitative estimate of drug-likeness (QED) is 0.575. The third kappa shape index (κ3) is 2.42. The van der Waals surface area contributed by atoms with E-state index in [0.717, 1.165) is 17.2 Å². The molecule has 0 atom stereocenters. The van der Waals surface area contributed by atoms with Crippen molar-refractivity contribution in [2.24, 2.45) is 0 Å². The van der Waals surface area contributed by atoms with Crippen LogP contribution in [0.3, 0.4) is 0 Å². The van der Waals surface area contributed by atoms with Gasteiger partial charge < -0.3 is 9.32 Å². The third-order valence-electron chi connectivity index (χ3n) is 3.93. The van der Waals surface area contributed by atoms with Crippen LogP contribution >= 0.6 is 0 Å². The maximum absolute atomic E-state index is 5.40. The van der Waals surface area contributed by atoms with Crippen molar-refractivity contribution < 1.29 is 4.42 Å². The molecule has 0 amide bonds. The highest BCUT2D eigenvalue weighted by atomic mass is 16.3. The van der Waals surface area contributed by atoms with Gasteiger partial charge >= 0.3 is 0 Å². The van der Waals surface area contributed by atoms with Crippen LogP contribution in [-0.2, 0) is 0 Å². The van der Waals surface area contributed by atoms with Crippen LogP contribution in [0.5, 0.6) is 0 Å². The minimum Gasteiger partial charge on any atom is -0.461 e. The van der Waals surface area contributed by atoms with Crippen LogP contribution in [0, 0.1) is 13.8 Å². The molecule has 0 bridgehead atoms. The number of aromatic nitrogens is 4. The fourth-order valence-electron chi connectivity index (χ4n) is 2.62. The predicted molar refractivity (Wildman–Crippen MR) is 92.5 cm³/mol. The molecular formula is C18H17N5O. The van der Waals surface area contributed by atoms with Gasteiger partial charge in [0.25, 0.3) is 5.78 Å². The number of rotatable bonds is 3. The molecule has 0 fully saturated rings. The monoisotopic (exact) mass is 319 g/mol. The molecule has 3 heterocycles. The lowest BCUT2D eigenvalue weighted by Crippen LogP contribution is -2.15. The number of furan rings is 1. The molecule has 0 N–H and O–H groups in total. The maximum Gasteiger partial charge on any atom is 0.255 e. The topological polar surface area (TPSA) is 59.5 Å². The zero-order valence-corrected chi connectivity index (χ0v) is 13.8. The van der Waals surface area contributed by atoms with E-state index in [1.54, 1.807) is 10.8 Å². The number of benzene rings is 1. The molecule has 0 aliphatic rings. The average Bonchev–Trinajstić information content (AvgIpc) is 3.23. The lowest BCUT2D eigenvalue weighted by Gasteiger charge is -2.20. The maximum atomic E-state index is 5.40. The van der Waals surface area contributed by atoms with Crippen molar-refractivity contribution in [1.82, 2.24) is 19.6 Å². The van der Waals surface area contributed by atoms with E-state index in [0.29, 0.717) is 17.4 Å². The van der Waals surface area contributed by atoms with Gasteiger partial charge in [0.1, 0.15) is 5.82 Å². The largest absolute Gasteiger partial charge is 0.461 e. The van der Waals surface area contributed by atoms with Crippen molar-refractivity contribution in [1.29, 1.82) is 0 Å². The van der Waals surface area contributed by atoms with Crippen molar-refractivity contribution in [2.75, 3.05) is 11.9 Å². The summed E-state index contributed by atoms with van der Waals surface area (Å²) in [7, 11) is 2.01. The van der Waals surface area contributed by atoms with E-state index in [4.69, 9.17) is 4.42 Å². The van der Waals surface area contributed by atoms with Gasteiger partial charge in [-0.05, 0) is 38.1 Å². The van der Waals surface area contributed by atoms with Crippen LogP contribution in [0.4, 0.5) is 11.5 Å². The Bertz CT molecular complexity index is 986. The van der Waals surface area contributed by atoms with Crippen molar-refractivity contribution >= 4 is 17.3 Å². The van der Waals surface area contributed by atoms with Gasteiger partial charge in [-0.3, -0.25) is 0 Å². The number of fused-ring (bicyclic) bond motifs is 1. The molecular weight excluding hydrogens is 302 g/mol. The highest BCUT2D eigenvalue weighted by molar-refractivity contribution is 5.63. The van der Waals surface area contributed by atoms with Gasteiger partial charge in [0, 0.05) is 24.5 Å². The summed E-state index contributed by atoms with van der Waals surface area (Å²) < 4.78 is 7.14. The summed E-state index contributed by atoms with van der Waals surface area (Å²) in [5.74, 6) is 2.60. The van der Waals surface area contributed by atoms with Crippen LogP contribution in [0.1, 0.15) is 11.3 Å². The van der Waals surface area contributed by atoms with E-state index >= 15 is 0 Å². The zero-order valence-electron chi connectivity index (χ0n) is 13.8. The van der Waals surface area contributed by atoms with E-state index in [1.165, 1.54) is 5.56 Å². The first-order valence-corrected chi connectivity index (χ1v) is 7.70. The van der Waals surface area contributed by atoms with Crippen molar-refractivity contribution in [3.05, 3.63) is 60.0 Å². The smallest absolute Gasteiger partial charge is 0.255 e. The van der Waals surface area contributed by atoms with Crippen LogP contribution in [0.2, 0.25) is 0 Å². The Morgan fingerprint density at radius 2 is 1.83 bits per heavy atom. The molecule has 0 saturated heterocycles. The van der Waals surface area contributed by atoms with Crippen LogP contribution in [0.25, 0.3) is 17.4 Å². The summed E-state index contributed by atoms with van der Waals surface area (Å²) in [6.45, 7) is 4.03. The number of hydrogen-bond donors (Lipinski definition) is 0. The highest BCUT2D eigenvalue weighted by Crippen LogP contribution is 2.26. The minimum absolute atomic E-state index is 0.525. The molecule has 0 aliphatic carbocycles. The van der Waals surface area contributed by atoms with E-state index < -0.39 is 0 Å². The molecule has 24 heavy (non-hydrogen) atoms. The van der Waals surface area contributed by atoms with E-state index in [-0.39, 0.29) is 0 Å². The molecule has 0 unspecified atom stereocenters. The van der Waals surface area contributed by atoms with Gasteiger partial charge in [-0.2, -0.15) is 9.50 Å². The molecule has 0 radical (unpaired) electrons. The van der Waals surface area contributed by atoms with Gasteiger partial charge in [0.2, 0.25) is 5.82 Å². The van der Waals surface area contributed by atoms with Gasteiger partial charge in [-0.25, -0.2) is 4.98 Å². The van der Waals surface area contributed by atoms with Crippen LogP contribution in [-0.4, -0.2) is 26.6 Å². The highest BCUT2D eigenvalue weighted by Gasteiger charge is 2.16. The van der Waals surface area contributed by atoms with Gasteiger partial charge in [-0.15, -0.1) is 5.10 Å². The number of nitrogens with zero attached hydrogens (tertiary/aromatic N) is 5. The summed E-state index contributed by atoms with van der Waals surface area (Å²) in [5.41, 5.74) is 3.18. The fraction of sp³-hybridized carbons (Fsp3) is 0.167. The first kappa shape index (κ1) is 14.4. The van der Waals surface area contributed by atoms with Crippen molar-refractivity contribution in [3.63, 3.8) is 0 Å². The molecule has 0 spiro atoms. The van der Waals surface area contributed by atoms with Gasteiger partial charge in [0.15, 0.2) is 5.76 Å². The molecule has 3 aromatic heterocycles. The first-order valence-electron chi connectivity index (χ1n) is 7.70. The summed E-state index contributed by atoms with van der Waals surface area (Å²) in [6.07, 6.45) is 1.61. The van der Waals surface area contributed by atoms with E-state index in [2.05, 4.69) is 51.2 Å². The van der Waals surface area contributed by atoms with Crippen LogP contribution in [0.15, 0.2) is 53.1 Å². The van der Waals surface area contributed by atoms with Crippen molar-refractivity contribution in [2.45, 2.75) is 13.8 Å². The Labute approximate surface area is 139 Å². The predicted octanol–water partition coefficient (Wildman–Crippen LogP) is 3.77. The summed E-state index contributed by atoms with van der Waals surface area (Å²) in [6, 6.07) is 14.0. The number of aryl methyl sites for hydroxylation is 2. The first-order chi connectivity index (χ1) is 11.6. The molecule has 6 heteroatoms. The second-order valence-corrected chi connectivity index (χ2v) is 5.77. The Kier molecular flexibility index (Phi) is 3.30. The fourth-order valence-corrected chi connectivity index (χ4v) is 2.62. The molecule has 4 rings (SSSR count). The Balaban J connectivity index is 1.86. The lowest BCUT2D eigenvalue weighted by molar-refractivity contribution is 0.577. The normalized spacial score (nSPS) is 11.1. The summed E-state index contributed by atoms with van der Waals surface area (Å²) >= 11 is 0. The molecule has 4 aromatic rings. The second-order valence-electron chi connectivity index (χ2n) is 5.77. The Hall–Kier alpha value is -3.15. The summed E-state index contributed by atoms with van der Waals surface area (Å²) in [5, 5.41) is 4.57. The SMILES string of the molecule is Cc1ccc(N(C)c2cc(C)nc3nc(-c4ccco4)nn23)cc1. The number of anilines is 2. The molecule has 120 valence electrons. The Morgan fingerprint density at radius 1 is 1.04 bits per heavy atom. The zero-order chi connectivity index (χ0) is 16.7. The number of hydrogen-bond acceptors (Lipinski definition) is 5. The molecule has 0 aliphatic heterocycles. The van der Waals surface area contributed by atoms with E-state index in [1.807, 2.05) is 32.2 Å². The van der Waals surface area contributed by atoms with Gasteiger partial charge in [0.05, 0.1) is 6.26 Å². The third-order valence-corrected chi connectivity index (χ3v) is 3.93. The Morgan fingerprint density at radius 3 is 2.54 bits per heavy atom. The lowest BCUT2D eigenvalue weighted by atomic mass is 10.2. The minimum atomic E-state index is 0.525. The molecule has 0 saturated carbocycles. The average molecular weight is 319 g/mol. The molecule has 6 nitrogen and oxygen atoms in total.